The Labute approximate surface area is 182 Å². The number of halogens is 3. The van der Waals surface area contributed by atoms with Crippen LogP contribution >= 0.6 is 47.2 Å². The van der Waals surface area contributed by atoms with E-state index in [4.69, 9.17) is 23.2 Å². The second kappa shape index (κ2) is 11.0. The molecule has 1 aromatic heterocycles. The summed E-state index contributed by atoms with van der Waals surface area (Å²) >= 11 is 12.4. The molecule has 26 heavy (non-hydrogen) atoms. The number of aryl methyl sites for hydroxylation is 2. The van der Waals surface area contributed by atoms with Crippen LogP contribution in [-0.2, 0) is 20.0 Å². The number of nitrogens with one attached hydrogen (secondary N) is 2. The molecule has 8 heteroatoms. The topological polar surface area (TPSA) is 54.2 Å². The fourth-order valence-electron chi connectivity index (χ4n) is 2.62. The molecule has 2 aromatic rings. The molecule has 0 atom stereocenters. The van der Waals surface area contributed by atoms with Crippen molar-refractivity contribution in [1.82, 2.24) is 20.4 Å². The molecule has 0 saturated heterocycles. The number of rotatable bonds is 6. The molecule has 2 rings (SSSR count). The van der Waals surface area contributed by atoms with Crippen molar-refractivity contribution >= 4 is 53.1 Å². The molecule has 5 nitrogen and oxygen atoms in total. The van der Waals surface area contributed by atoms with Gasteiger partial charge in [-0.05, 0) is 44.9 Å². The fraction of sp³-hybridized carbons (Fsp3) is 0.444. The van der Waals surface area contributed by atoms with Crippen LogP contribution < -0.4 is 10.6 Å². The summed E-state index contributed by atoms with van der Waals surface area (Å²) in [5, 5.41) is 12.4. The number of hydrogen-bond donors (Lipinski definition) is 2. The molecule has 144 valence electrons. The van der Waals surface area contributed by atoms with Crippen LogP contribution in [0.25, 0.3) is 0 Å². The van der Waals surface area contributed by atoms with Crippen molar-refractivity contribution in [3.63, 3.8) is 0 Å². The van der Waals surface area contributed by atoms with Crippen molar-refractivity contribution in [3.8, 4) is 0 Å². The summed E-state index contributed by atoms with van der Waals surface area (Å²) in [6, 6.07) is 5.57. The van der Waals surface area contributed by atoms with Gasteiger partial charge in [0.1, 0.15) is 0 Å². The maximum absolute atomic E-state index is 6.22. The van der Waals surface area contributed by atoms with Crippen LogP contribution in [0.15, 0.2) is 23.2 Å². The first-order chi connectivity index (χ1) is 11.9. The molecule has 0 amide bonds. The second-order valence-electron chi connectivity index (χ2n) is 5.85. The zero-order valence-corrected chi connectivity index (χ0v) is 19.4. The summed E-state index contributed by atoms with van der Waals surface area (Å²) in [6.07, 6.45) is 0.730. The first-order valence-electron chi connectivity index (χ1n) is 8.38. The van der Waals surface area contributed by atoms with E-state index in [-0.39, 0.29) is 24.0 Å². The van der Waals surface area contributed by atoms with Crippen LogP contribution in [0, 0.1) is 13.8 Å². The Kier molecular flexibility index (Phi) is 9.74. The molecule has 2 N–H and O–H groups in total. The predicted octanol–water partition coefficient (Wildman–Crippen LogP) is 4.26. The van der Waals surface area contributed by atoms with Crippen molar-refractivity contribution in [3.05, 3.63) is 50.8 Å². The molecule has 0 aliphatic carbocycles. The molecule has 1 heterocycles. The van der Waals surface area contributed by atoms with Crippen molar-refractivity contribution in [2.24, 2.45) is 12.0 Å². The van der Waals surface area contributed by atoms with E-state index in [1.165, 1.54) is 0 Å². The average molecular weight is 510 g/mol. The smallest absolute Gasteiger partial charge is 0.191 e. The number of benzene rings is 1. The van der Waals surface area contributed by atoms with Crippen LogP contribution in [0.4, 0.5) is 0 Å². The molecular formula is C18H26Cl2IN5. The summed E-state index contributed by atoms with van der Waals surface area (Å²) < 4.78 is 1.89. The summed E-state index contributed by atoms with van der Waals surface area (Å²) in [6.45, 7) is 8.20. The van der Waals surface area contributed by atoms with Gasteiger partial charge in [0, 0.05) is 41.4 Å². The summed E-state index contributed by atoms with van der Waals surface area (Å²) in [4.78, 5) is 4.67. The Morgan fingerprint density at radius 3 is 2.35 bits per heavy atom. The summed E-state index contributed by atoms with van der Waals surface area (Å²) in [5.41, 5.74) is 4.27. The maximum atomic E-state index is 6.22. The van der Waals surface area contributed by atoms with Gasteiger partial charge in [-0.25, -0.2) is 4.99 Å². The highest BCUT2D eigenvalue weighted by Gasteiger charge is 2.09. The van der Waals surface area contributed by atoms with E-state index in [0.717, 1.165) is 41.4 Å². The second-order valence-corrected chi connectivity index (χ2v) is 6.66. The molecule has 0 radical (unpaired) electrons. The highest BCUT2D eigenvalue weighted by Crippen LogP contribution is 2.24. The maximum Gasteiger partial charge on any atom is 0.191 e. The largest absolute Gasteiger partial charge is 0.357 e. The molecule has 0 bridgehead atoms. The van der Waals surface area contributed by atoms with Gasteiger partial charge in [0.25, 0.3) is 0 Å². The Bertz CT molecular complexity index is 738. The van der Waals surface area contributed by atoms with Gasteiger partial charge in [0.05, 0.1) is 12.2 Å². The van der Waals surface area contributed by atoms with Crippen LogP contribution in [0.2, 0.25) is 10.0 Å². The first kappa shape index (κ1) is 23.0. The van der Waals surface area contributed by atoms with Gasteiger partial charge in [-0.3, -0.25) is 4.68 Å². The highest BCUT2D eigenvalue weighted by atomic mass is 127. The number of nitrogens with zero attached hydrogens (tertiary/aromatic N) is 3. The number of aromatic nitrogens is 2. The highest BCUT2D eigenvalue weighted by molar-refractivity contribution is 14.0. The molecule has 0 spiro atoms. The quantitative estimate of drug-likeness (QED) is 0.347. The average Bonchev–Trinajstić information content (AvgIpc) is 2.80. The Morgan fingerprint density at radius 2 is 1.81 bits per heavy atom. The van der Waals surface area contributed by atoms with Gasteiger partial charge in [-0.1, -0.05) is 29.3 Å². The molecule has 0 fully saturated rings. The Balaban J connectivity index is 0.00000338. The summed E-state index contributed by atoms with van der Waals surface area (Å²) in [5.74, 6) is 0.772. The SMILES string of the molecule is CCNC(=NCc1c(C)nn(C)c1C)NCCc1c(Cl)cccc1Cl.I. The van der Waals surface area contributed by atoms with Crippen molar-refractivity contribution < 1.29 is 0 Å². The molecule has 0 aliphatic heterocycles. The monoisotopic (exact) mass is 509 g/mol. The first-order valence-corrected chi connectivity index (χ1v) is 9.13. The number of hydrogen-bond acceptors (Lipinski definition) is 2. The lowest BCUT2D eigenvalue weighted by Gasteiger charge is -2.12. The van der Waals surface area contributed by atoms with E-state index in [1.54, 1.807) is 0 Å². The van der Waals surface area contributed by atoms with Crippen LogP contribution in [-0.4, -0.2) is 28.8 Å². The lowest BCUT2D eigenvalue weighted by Crippen LogP contribution is -2.38. The lowest BCUT2D eigenvalue weighted by molar-refractivity contribution is 0.730. The molecule has 0 saturated carbocycles. The third-order valence-corrected chi connectivity index (χ3v) is 4.84. The molecule has 1 aromatic carbocycles. The van der Waals surface area contributed by atoms with Crippen LogP contribution in [0.5, 0.6) is 0 Å². The van der Waals surface area contributed by atoms with Gasteiger partial charge in [-0.2, -0.15) is 5.10 Å². The van der Waals surface area contributed by atoms with Gasteiger partial charge in [-0.15, -0.1) is 24.0 Å². The fourth-order valence-corrected chi connectivity index (χ4v) is 3.21. The number of aliphatic imine (C=N–C) groups is 1. The van der Waals surface area contributed by atoms with Crippen LogP contribution in [0.1, 0.15) is 29.4 Å². The van der Waals surface area contributed by atoms with E-state index >= 15 is 0 Å². The van der Waals surface area contributed by atoms with Gasteiger partial charge >= 0.3 is 0 Å². The lowest BCUT2D eigenvalue weighted by atomic mass is 10.1. The van der Waals surface area contributed by atoms with E-state index in [0.29, 0.717) is 23.1 Å². The van der Waals surface area contributed by atoms with Crippen LogP contribution in [0.3, 0.4) is 0 Å². The predicted molar refractivity (Wildman–Crippen MR) is 121 cm³/mol. The molecular weight excluding hydrogens is 484 g/mol. The third kappa shape index (κ3) is 6.03. The minimum Gasteiger partial charge on any atom is -0.357 e. The van der Waals surface area contributed by atoms with Crippen molar-refractivity contribution in [2.45, 2.75) is 33.7 Å². The minimum absolute atomic E-state index is 0. The molecule has 0 unspecified atom stereocenters. The van der Waals surface area contributed by atoms with E-state index in [2.05, 4.69) is 27.6 Å². The minimum atomic E-state index is 0. The Morgan fingerprint density at radius 1 is 1.15 bits per heavy atom. The van der Waals surface area contributed by atoms with Gasteiger partial charge < -0.3 is 10.6 Å². The third-order valence-electron chi connectivity index (χ3n) is 4.13. The van der Waals surface area contributed by atoms with Gasteiger partial charge in [0.2, 0.25) is 0 Å². The van der Waals surface area contributed by atoms with Crippen molar-refractivity contribution in [1.29, 1.82) is 0 Å². The van der Waals surface area contributed by atoms with E-state index in [1.807, 2.05) is 43.8 Å². The zero-order valence-electron chi connectivity index (χ0n) is 15.6. The molecule has 0 aliphatic rings. The van der Waals surface area contributed by atoms with E-state index < -0.39 is 0 Å². The zero-order chi connectivity index (χ0) is 18.4. The summed E-state index contributed by atoms with van der Waals surface area (Å²) in [7, 11) is 1.95. The Hall–Kier alpha value is -0.990. The normalized spacial score (nSPS) is 11.2. The standard InChI is InChI=1S/C18H25Cl2N5.HI/c1-5-21-18(23-11-15-12(2)24-25(4)13(15)3)22-10-9-14-16(19)7-6-8-17(14)20;/h6-8H,5,9-11H2,1-4H3,(H2,21,22,23);1H. The van der Waals surface area contributed by atoms with Gasteiger partial charge in [0.15, 0.2) is 5.96 Å². The number of guanidine groups is 1. The van der Waals surface area contributed by atoms with E-state index in [9.17, 15) is 0 Å². The van der Waals surface area contributed by atoms with Crippen molar-refractivity contribution in [2.75, 3.05) is 13.1 Å².